The molecule has 1 aliphatic rings. The molecule has 0 bridgehead atoms. The van der Waals surface area contributed by atoms with Gasteiger partial charge in [-0.3, -0.25) is 9.80 Å². The first kappa shape index (κ1) is 12.2. The van der Waals surface area contributed by atoms with Crippen LogP contribution in [-0.2, 0) is 0 Å². The molecule has 0 aromatic heterocycles. The smallest absolute Gasteiger partial charge is 0.223 e. The van der Waals surface area contributed by atoms with Gasteiger partial charge < -0.3 is 24.0 Å². The fraction of sp³-hybridized carbons (Fsp3) is 0.857. The highest BCUT2D eigenvalue weighted by Gasteiger charge is 2.66. The van der Waals surface area contributed by atoms with Gasteiger partial charge in [-0.25, -0.2) is 0 Å². The van der Waals surface area contributed by atoms with Gasteiger partial charge >= 0.3 is 0 Å². The Balaban J connectivity index is 0.000001000. The number of nitrogens with zero attached hydrogens (tertiary/aromatic N) is 2. The minimum absolute atomic E-state index is 0. The molecule has 0 N–H and O–H groups in total. The second kappa shape index (κ2) is 4.48. The highest BCUT2D eigenvalue weighted by atomic mass is 127. The fourth-order valence-corrected chi connectivity index (χ4v) is 2.88. The van der Waals surface area contributed by atoms with E-state index in [1.165, 1.54) is 0 Å². The second-order valence-electron chi connectivity index (χ2n) is 3.20. The van der Waals surface area contributed by atoms with E-state index < -0.39 is 0 Å². The van der Waals surface area contributed by atoms with Crippen LogP contribution in [0.5, 0.6) is 0 Å². The van der Waals surface area contributed by atoms with Crippen molar-refractivity contribution in [3.05, 3.63) is 3.92 Å². The Kier molecular flexibility index (Phi) is 4.98. The largest absolute Gasteiger partial charge is 1.00 e. The zero-order chi connectivity index (χ0) is 7.89. The van der Waals surface area contributed by atoms with Crippen LogP contribution in [0.25, 0.3) is 0 Å². The lowest BCUT2D eigenvalue weighted by Gasteiger charge is -2.04. The summed E-state index contributed by atoms with van der Waals surface area (Å²) in [6, 6.07) is 1.38. The van der Waals surface area contributed by atoms with Crippen LogP contribution in [-0.4, -0.2) is 50.1 Å². The van der Waals surface area contributed by atoms with E-state index in [1.54, 1.807) is 3.92 Å². The van der Waals surface area contributed by atoms with Crippen LogP contribution in [0.1, 0.15) is 0 Å². The van der Waals surface area contributed by atoms with Crippen molar-refractivity contribution in [2.24, 2.45) is 0 Å². The van der Waals surface area contributed by atoms with Crippen molar-refractivity contribution in [2.75, 3.05) is 28.2 Å². The lowest BCUT2D eigenvalue weighted by Crippen LogP contribution is -3.00. The van der Waals surface area contributed by atoms with E-state index >= 15 is 0 Å². The highest BCUT2D eigenvalue weighted by Crippen LogP contribution is 2.45. The van der Waals surface area contributed by atoms with Crippen LogP contribution in [0, 0.1) is 3.92 Å². The molecule has 1 rings (SSSR count). The summed E-state index contributed by atoms with van der Waals surface area (Å²) >= 11 is 2.44. The second-order valence-corrected chi connectivity index (χ2v) is 4.45. The Labute approximate surface area is 99.8 Å². The number of hydrogen-bond donors (Lipinski definition) is 0. The molecule has 11 heavy (non-hydrogen) atoms. The molecular formula is C7H14I2N2. The first-order chi connectivity index (χ1) is 4.55. The summed E-state index contributed by atoms with van der Waals surface area (Å²) in [5.74, 6) is 0. The van der Waals surface area contributed by atoms with Gasteiger partial charge in [-0.15, -0.1) is 0 Å². The van der Waals surface area contributed by atoms with E-state index in [0.717, 1.165) is 0 Å². The van der Waals surface area contributed by atoms with Gasteiger partial charge in [-0.2, -0.15) is 0 Å². The Hall–Kier alpha value is 1.25. The Morgan fingerprint density at radius 3 is 1.36 bits per heavy atom. The Morgan fingerprint density at radius 1 is 1.00 bits per heavy atom. The van der Waals surface area contributed by atoms with Gasteiger partial charge in [0.25, 0.3) is 0 Å². The first-order valence-electron chi connectivity index (χ1n) is 3.40. The minimum Gasteiger partial charge on any atom is -1.00 e. The molecule has 1 saturated carbocycles. The monoisotopic (exact) mass is 380 g/mol. The SMILES string of the molecule is CN(C)C1[C+](I)C1N(C)C.[I-]. The predicted molar refractivity (Wildman–Crippen MR) is 52.2 cm³/mol. The Bertz CT molecular complexity index is 114. The first-order valence-corrected chi connectivity index (χ1v) is 4.48. The van der Waals surface area contributed by atoms with Crippen molar-refractivity contribution >= 4 is 22.6 Å². The molecule has 0 radical (unpaired) electrons. The third-order valence-corrected chi connectivity index (χ3v) is 3.14. The van der Waals surface area contributed by atoms with Crippen molar-refractivity contribution in [3.8, 4) is 0 Å². The summed E-state index contributed by atoms with van der Waals surface area (Å²) in [7, 11) is 8.53. The summed E-state index contributed by atoms with van der Waals surface area (Å²) in [6.07, 6.45) is 0. The standard InChI is InChI=1S/C7H14IN2.HI/c1-9(2)6-5(8)7(6)10(3)4;/h6-7H,1-4H3;1H/q+1;/p-1. The number of likely N-dealkylation sites (N-methyl/N-ethyl adjacent to an activating group) is 2. The maximum Gasteiger partial charge on any atom is 0.223 e. The molecule has 4 heteroatoms. The normalized spacial score (nSPS) is 29.2. The van der Waals surface area contributed by atoms with Crippen molar-refractivity contribution < 1.29 is 24.0 Å². The lowest BCUT2D eigenvalue weighted by atomic mass is 10.5. The van der Waals surface area contributed by atoms with Gasteiger partial charge in [0.2, 0.25) is 38.6 Å². The van der Waals surface area contributed by atoms with Gasteiger partial charge in [0.1, 0.15) is 0 Å². The molecule has 1 aliphatic carbocycles. The summed E-state index contributed by atoms with van der Waals surface area (Å²) in [5.41, 5.74) is 0. The summed E-state index contributed by atoms with van der Waals surface area (Å²) in [5, 5.41) is 0. The zero-order valence-corrected chi connectivity index (χ0v) is 11.6. The molecule has 0 aromatic carbocycles. The van der Waals surface area contributed by atoms with Crippen LogP contribution < -0.4 is 24.0 Å². The third kappa shape index (κ3) is 2.60. The molecule has 2 nitrogen and oxygen atoms in total. The molecule has 1 fully saturated rings. The van der Waals surface area contributed by atoms with Crippen molar-refractivity contribution in [3.63, 3.8) is 0 Å². The van der Waals surface area contributed by atoms with Crippen molar-refractivity contribution in [1.29, 1.82) is 0 Å². The average Bonchev–Trinajstić information content (AvgIpc) is 2.40. The zero-order valence-electron chi connectivity index (χ0n) is 7.31. The third-order valence-electron chi connectivity index (χ3n) is 1.87. The van der Waals surface area contributed by atoms with Gasteiger partial charge in [0.15, 0.2) is 0 Å². The topological polar surface area (TPSA) is 6.48 Å². The summed E-state index contributed by atoms with van der Waals surface area (Å²) in [6.45, 7) is 0. The van der Waals surface area contributed by atoms with Crippen LogP contribution >= 0.6 is 22.6 Å². The van der Waals surface area contributed by atoms with E-state index in [-0.39, 0.29) is 24.0 Å². The fourth-order valence-electron chi connectivity index (χ4n) is 1.27. The van der Waals surface area contributed by atoms with Crippen LogP contribution in [0.2, 0.25) is 0 Å². The van der Waals surface area contributed by atoms with Gasteiger partial charge in [0.05, 0.1) is 0 Å². The molecule has 0 aliphatic heterocycles. The van der Waals surface area contributed by atoms with Crippen LogP contribution in [0.4, 0.5) is 0 Å². The summed E-state index contributed by atoms with van der Waals surface area (Å²) in [4.78, 5) is 4.54. The predicted octanol–water partition coefficient (Wildman–Crippen LogP) is -2.17. The van der Waals surface area contributed by atoms with E-state index in [0.29, 0.717) is 12.1 Å². The minimum atomic E-state index is 0. The van der Waals surface area contributed by atoms with E-state index in [1.807, 2.05) is 0 Å². The van der Waals surface area contributed by atoms with Crippen molar-refractivity contribution in [2.45, 2.75) is 12.1 Å². The quantitative estimate of drug-likeness (QED) is 0.398. The molecule has 2 atom stereocenters. The number of hydrogen-bond acceptors (Lipinski definition) is 2. The molecule has 2 unspecified atom stereocenters. The van der Waals surface area contributed by atoms with E-state index in [9.17, 15) is 0 Å². The average molecular weight is 380 g/mol. The van der Waals surface area contributed by atoms with Crippen molar-refractivity contribution in [1.82, 2.24) is 9.80 Å². The Morgan fingerprint density at radius 2 is 1.27 bits per heavy atom. The molecule has 0 amide bonds. The molecule has 0 aromatic rings. The number of rotatable bonds is 2. The maximum atomic E-state index is 2.44. The molecule has 0 saturated heterocycles. The maximum absolute atomic E-state index is 2.44. The summed E-state index contributed by atoms with van der Waals surface area (Å²) < 4.78 is 1.56. The highest BCUT2D eigenvalue weighted by molar-refractivity contribution is 14.1. The van der Waals surface area contributed by atoms with Crippen LogP contribution in [0.15, 0.2) is 0 Å². The molecular weight excluding hydrogens is 366 g/mol. The molecule has 0 spiro atoms. The molecule has 0 heterocycles. The lowest BCUT2D eigenvalue weighted by molar-refractivity contribution is -0.00000212. The van der Waals surface area contributed by atoms with Crippen LogP contribution in [0.3, 0.4) is 0 Å². The van der Waals surface area contributed by atoms with E-state index in [2.05, 4.69) is 60.6 Å². The van der Waals surface area contributed by atoms with Gasteiger partial charge in [-0.05, 0) is 28.2 Å². The van der Waals surface area contributed by atoms with Gasteiger partial charge in [0, 0.05) is 0 Å². The van der Waals surface area contributed by atoms with Gasteiger partial charge in [-0.1, -0.05) is 0 Å². The molecule has 66 valence electrons. The van der Waals surface area contributed by atoms with E-state index in [4.69, 9.17) is 0 Å². The number of halogens is 2.